The lowest BCUT2D eigenvalue weighted by Crippen LogP contribution is -2.14. The Labute approximate surface area is 113 Å². The Morgan fingerprint density at radius 2 is 2.26 bits per heavy atom. The van der Waals surface area contributed by atoms with Crippen LogP contribution in [0.4, 0.5) is 5.69 Å². The first-order chi connectivity index (χ1) is 9.30. The summed E-state index contributed by atoms with van der Waals surface area (Å²) in [5.74, 6) is 0.825. The lowest BCUT2D eigenvalue weighted by molar-refractivity contribution is 0.414. The van der Waals surface area contributed by atoms with Crippen LogP contribution in [0.25, 0.3) is 5.69 Å². The van der Waals surface area contributed by atoms with E-state index in [0.29, 0.717) is 6.54 Å². The molecule has 0 saturated carbocycles. The molecule has 0 fully saturated rings. The lowest BCUT2D eigenvalue weighted by Gasteiger charge is -2.10. The third-order valence-electron chi connectivity index (χ3n) is 2.96. The molecule has 1 heterocycles. The summed E-state index contributed by atoms with van der Waals surface area (Å²) in [5, 5.41) is 7.74. The van der Waals surface area contributed by atoms with Crippen LogP contribution in [0.1, 0.15) is 12.6 Å². The van der Waals surface area contributed by atoms with Crippen LogP contribution in [0, 0.1) is 0 Å². The maximum Gasteiger partial charge on any atom is 0.121 e. The highest BCUT2D eigenvalue weighted by atomic mass is 16.5. The van der Waals surface area contributed by atoms with Crippen molar-refractivity contribution in [1.82, 2.24) is 9.78 Å². The van der Waals surface area contributed by atoms with E-state index in [0.717, 1.165) is 35.8 Å². The number of nitrogens with zero attached hydrogens (tertiary/aromatic N) is 2. The largest absolute Gasteiger partial charge is 0.497 e. The number of rotatable bonds is 6. The van der Waals surface area contributed by atoms with Crippen molar-refractivity contribution >= 4 is 5.69 Å². The standard InChI is InChI=1S/C14H20N4O/c1-3-14-13(16-8-7-15)10-17-18(14)11-5-4-6-12(9-11)19-2/h4-6,9-10,16H,3,7-8,15H2,1-2H3. The molecule has 3 N–H and O–H groups in total. The molecular weight excluding hydrogens is 240 g/mol. The van der Waals surface area contributed by atoms with E-state index in [1.54, 1.807) is 7.11 Å². The van der Waals surface area contributed by atoms with Crippen LogP contribution >= 0.6 is 0 Å². The summed E-state index contributed by atoms with van der Waals surface area (Å²) in [5.41, 5.74) is 8.69. The molecule has 0 spiro atoms. The predicted molar refractivity (Wildman–Crippen MR) is 77.0 cm³/mol. The molecule has 0 saturated heterocycles. The van der Waals surface area contributed by atoms with Crippen molar-refractivity contribution in [1.29, 1.82) is 0 Å². The zero-order valence-corrected chi connectivity index (χ0v) is 11.4. The van der Waals surface area contributed by atoms with E-state index in [1.165, 1.54) is 0 Å². The highest BCUT2D eigenvalue weighted by molar-refractivity contribution is 5.51. The van der Waals surface area contributed by atoms with Crippen molar-refractivity contribution in [2.24, 2.45) is 5.73 Å². The van der Waals surface area contributed by atoms with Gasteiger partial charge in [-0.05, 0) is 18.6 Å². The summed E-state index contributed by atoms with van der Waals surface area (Å²) in [7, 11) is 1.66. The van der Waals surface area contributed by atoms with Crippen LogP contribution in [-0.4, -0.2) is 30.0 Å². The first-order valence-corrected chi connectivity index (χ1v) is 6.45. The van der Waals surface area contributed by atoms with Crippen LogP contribution in [0.3, 0.4) is 0 Å². The monoisotopic (exact) mass is 260 g/mol. The maximum atomic E-state index is 5.52. The smallest absolute Gasteiger partial charge is 0.121 e. The molecule has 1 aromatic heterocycles. The van der Waals surface area contributed by atoms with E-state index in [-0.39, 0.29) is 0 Å². The predicted octanol–water partition coefficient (Wildman–Crippen LogP) is 1.81. The van der Waals surface area contributed by atoms with Gasteiger partial charge in [-0.15, -0.1) is 0 Å². The maximum absolute atomic E-state index is 5.52. The Morgan fingerprint density at radius 3 is 2.95 bits per heavy atom. The minimum Gasteiger partial charge on any atom is -0.497 e. The number of nitrogens with two attached hydrogens (primary N) is 1. The Bertz CT molecular complexity index is 536. The zero-order valence-electron chi connectivity index (χ0n) is 11.4. The van der Waals surface area contributed by atoms with Gasteiger partial charge in [0.2, 0.25) is 0 Å². The number of ether oxygens (including phenoxy) is 1. The second kappa shape index (κ2) is 6.24. The van der Waals surface area contributed by atoms with E-state index < -0.39 is 0 Å². The molecule has 1 aromatic carbocycles. The van der Waals surface area contributed by atoms with E-state index in [2.05, 4.69) is 17.3 Å². The van der Waals surface area contributed by atoms with E-state index >= 15 is 0 Å². The third-order valence-corrected chi connectivity index (χ3v) is 2.96. The third kappa shape index (κ3) is 2.88. The quantitative estimate of drug-likeness (QED) is 0.831. The van der Waals surface area contributed by atoms with Gasteiger partial charge in [-0.25, -0.2) is 4.68 Å². The first kappa shape index (κ1) is 13.4. The average molecular weight is 260 g/mol. The van der Waals surface area contributed by atoms with Gasteiger partial charge in [0.1, 0.15) is 5.75 Å². The zero-order chi connectivity index (χ0) is 13.7. The minimum atomic E-state index is 0.605. The lowest BCUT2D eigenvalue weighted by atomic mass is 10.2. The fraction of sp³-hybridized carbons (Fsp3) is 0.357. The van der Waals surface area contributed by atoms with Gasteiger partial charge in [-0.2, -0.15) is 5.10 Å². The molecule has 2 aromatic rings. The van der Waals surface area contributed by atoms with Gasteiger partial charge in [0.25, 0.3) is 0 Å². The molecule has 5 nitrogen and oxygen atoms in total. The van der Waals surface area contributed by atoms with Crippen LogP contribution in [-0.2, 0) is 6.42 Å². The Hall–Kier alpha value is -2.01. The number of benzene rings is 1. The molecule has 0 unspecified atom stereocenters. The molecule has 0 aliphatic rings. The molecule has 0 amide bonds. The molecule has 2 rings (SSSR count). The van der Waals surface area contributed by atoms with Gasteiger partial charge in [0, 0.05) is 19.2 Å². The van der Waals surface area contributed by atoms with Crippen molar-refractivity contribution in [3.63, 3.8) is 0 Å². The van der Waals surface area contributed by atoms with Crippen molar-refractivity contribution in [2.45, 2.75) is 13.3 Å². The van der Waals surface area contributed by atoms with Gasteiger partial charge in [-0.3, -0.25) is 0 Å². The first-order valence-electron chi connectivity index (χ1n) is 6.45. The number of anilines is 1. The molecule has 0 radical (unpaired) electrons. The van der Waals surface area contributed by atoms with Crippen molar-refractivity contribution in [3.8, 4) is 11.4 Å². The van der Waals surface area contributed by atoms with Gasteiger partial charge in [0.05, 0.1) is 30.4 Å². The molecule has 0 aliphatic heterocycles. The summed E-state index contributed by atoms with van der Waals surface area (Å²) in [6, 6.07) is 7.87. The van der Waals surface area contributed by atoms with Crippen molar-refractivity contribution in [3.05, 3.63) is 36.2 Å². The van der Waals surface area contributed by atoms with Gasteiger partial charge < -0.3 is 15.8 Å². The van der Waals surface area contributed by atoms with E-state index in [9.17, 15) is 0 Å². The highest BCUT2D eigenvalue weighted by Gasteiger charge is 2.10. The molecule has 0 atom stereocenters. The SMILES string of the molecule is CCc1c(NCCN)cnn1-c1cccc(OC)c1. The fourth-order valence-corrected chi connectivity index (χ4v) is 2.03. The number of aromatic nitrogens is 2. The minimum absolute atomic E-state index is 0.605. The Balaban J connectivity index is 2.35. The summed E-state index contributed by atoms with van der Waals surface area (Å²) in [6.07, 6.45) is 2.73. The summed E-state index contributed by atoms with van der Waals surface area (Å²) in [4.78, 5) is 0. The number of methoxy groups -OCH3 is 1. The Morgan fingerprint density at radius 1 is 1.42 bits per heavy atom. The topological polar surface area (TPSA) is 65.1 Å². The second-order valence-corrected chi connectivity index (χ2v) is 4.19. The molecule has 19 heavy (non-hydrogen) atoms. The molecular formula is C14H20N4O. The van der Waals surface area contributed by atoms with Crippen LogP contribution < -0.4 is 15.8 Å². The highest BCUT2D eigenvalue weighted by Crippen LogP contribution is 2.22. The van der Waals surface area contributed by atoms with Gasteiger partial charge in [0.15, 0.2) is 0 Å². The van der Waals surface area contributed by atoms with Crippen LogP contribution in [0.5, 0.6) is 5.75 Å². The van der Waals surface area contributed by atoms with Crippen LogP contribution in [0.15, 0.2) is 30.5 Å². The molecule has 0 bridgehead atoms. The number of nitrogens with one attached hydrogen (secondary N) is 1. The summed E-state index contributed by atoms with van der Waals surface area (Å²) < 4.78 is 7.18. The average Bonchev–Trinajstić information content (AvgIpc) is 2.88. The van der Waals surface area contributed by atoms with Crippen LogP contribution in [0.2, 0.25) is 0 Å². The van der Waals surface area contributed by atoms with Gasteiger partial charge in [-0.1, -0.05) is 13.0 Å². The van der Waals surface area contributed by atoms with E-state index in [4.69, 9.17) is 10.5 Å². The Kier molecular flexibility index (Phi) is 4.41. The normalized spacial score (nSPS) is 10.5. The van der Waals surface area contributed by atoms with Gasteiger partial charge >= 0.3 is 0 Å². The van der Waals surface area contributed by atoms with Crippen molar-refractivity contribution < 1.29 is 4.74 Å². The summed E-state index contributed by atoms with van der Waals surface area (Å²) >= 11 is 0. The summed E-state index contributed by atoms with van der Waals surface area (Å²) in [6.45, 7) is 3.46. The molecule has 0 aliphatic carbocycles. The fourth-order valence-electron chi connectivity index (χ4n) is 2.03. The van der Waals surface area contributed by atoms with E-state index in [1.807, 2.05) is 35.1 Å². The molecule has 102 valence electrons. The van der Waals surface area contributed by atoms with Crippen molar-refractivity contribution in [2.75, 3.05) is 25.5 Å². The molecule has 5 heteroatoms. The number of hydrogen-bond donors (Lipinski definition) is 2. The second-order valence-electron chi connectivity index (χ2n) is 4.19. The number of hydrogen-bond acceptors (Lipinski definition) is 4.